The maximum atomic E-state index is 13.3. The first-order valence-electron chi connectivity index (χ1n) is 9.44. The number of benzene rings is 2. The molecule has 5 heteroatoms. The third kappa shape index (κ3) is 4.55. The van der Waals surface area contributed by atoms with Crippen LogP contribution in [0.25, 0.3) is 0 Å². The van der Waals surface area contributed by atoms with Crippen LogP contribution in [0.4, 0.5) is 11.4 Å². The maximum absolute atomic E-state index is 13.3. The third-order valence-electron chi connectivity index (χ3n) is 4.93. The van der Waals surface area contributed by atoms with Crippen LogP contribution in [0.3, 0.4) is 0 Å². The number of carbonyl (C=O) groups excluding carboxylic acids is 2. The lowest BCUT2D eigenvalue weighted by atomic mass is 10.1. The molecule has 1 heterocycles. The molecule has 2 amide bonds. The molecule has 0 spiro atoms. The molecule has 1 N–H and O–H groups in total. The summed E-state index contributed by atoms with van der Waals surface area (Å²) in [4.78, 5) is 29.3. The van der Waals surface area contributed by atoms with Gasteiger partial charge >= 0.3 is 0 Å². The molecule has 1 aliphatic heterocycles. The highest BCUT2D eigenvalue weighted by Crippen LogP contribution is 2.31. The molecule has 1 aliphatic rings. The summed E-state index contributed by atoms with van der Waals surface area (Å²) in [6.07, 6.45) is 0.292. The number of rotatable bonds is 5. The van der Waals surface area contributed by atoms with Crippen molar-refractivity contribution in [3.05, 3.63) is 60.2 Å². The Hall–Kier alpha value is -2.66. The van der Waals surface area contributed by atoms with E-state index in [2.05, 4.69) is 36.2 Å². The monoisotopic (exact) mass is 365 g/mol. The minimum absolute atomic E-state index is 0.0103. The van der Waals surface area contributed by atoms with Gasteiger partial charge in [-0.3, -0.25) is 14.5 Å². The summed E-state index contributed by atoms with van der Waals surface area (Å²) in [5.74, 6) is -0.0497. The average molecular weight is 365 g/mol. The molecule has 5 nitrogen and oxygen atoms in total. The lowest BCUT2D eigenvalue weighted by Gasteiger charge is -2.32. The van der Waals surface area contributed by atoms with Crippen molar-refractivity contribution in [1.29, 1.82) is 0 Å². The summed E-state index contributed by atoms with van der Waals surface area (Å²) in [7, 11) is 0. The Labute approximate surface area is 161 Å². The van der Waals surface area contributed by atoms with Crippen LogP contribution in [0.15, 0.2) is 54.6 Å². The molecule has 142 valence electrons. The van der Waals surface area contributed by atoms with Crippen molar-refractivity contribution in [3.63, 3.8) is 0 Å². The van der Waals surface area contributed by atoms with E-state index < -0.39 is 0 Å². The van der Waals surface area contributed by atoms with Crippen molar-refractivity contribution in [2.75, 3.05) is 16.8 Å². The number of nitrogens with one attached hydrogen (secondary N) is 1. The minimum Gasteiger partial charge on any atom is -0.324 e. The molecular formula is C22H27N3O2. The molecule has 0 saturated heterocycles. The number of para-hydroxylation sites is 2. The summed E-state index contributed by atoms with van der Waals surface area (Å²) in [5.41, 5.74) is 2.64. The maximum Gasteiger partial charge on any atom is 0.241 e. The number of amides is 2. The second-order valence-electron chi connectivity index (χ2n) is 7.37. The van der Waals surface area contributed by atoms with Crippen LogP contribution in [-0.4, -0.2) is 35.3 Å². The Balaban J connectivity index is 1.83. The molecule has 0 fully saturated rings. The van der Waals surface area contributed by atoms with Crippen LogP contribution in [0.5, 0.6) is 0 Å². The molecule has 0 aliphatic carbocycles. The van der Waals surface area contributed by atoms with Crippen molar-refractivity contribution in [2.24, 2.45) is 0 Å². The normalized spacial score (nSPS) is 16.9. The van der Waals surface area contributed by atoms with Gasteiger partial charge in [0.25, 0.3) is 0 Å². The first-order chi connectivity index (χ1) is 13.0. The molecule has 27 heavy (non-hydrogen) atoms. The van der Waals surface area contributed by atoms with E-state index in [9.17, 15) is 9.59 Å². The van der Waals surface area contributed by atoms with Gasteiger partial charge in [0.05, 0.1) is 17.9 Å². The fourth-order valence-corrected chi connectivity index (χ4v) is 3.46. The van der Waals surface area contributed by atoms with Gasteiger partial charge in [0, 0.05) is 25.0 Å². The van der Waals surface area contributed by atoms with Crippen LogP contribution < -0.4 is 10.2 Å². The lowest BCUT2D eigenvalue weighted by molar-refractivity contribution is -0.121. The Morgan fingerprint density at radius 1 is 1.15 bits per heavy atom. The van der Waals surface area contributed by atoms with E-state index in [0.29, 0.717) is 25.2 Å². The topological polar surface area (TPSA) is 52.7 Å². The molecule has 0 unspecified atom stereocenters. The van der Waals surface area contributed by atoms with Gasteiger partial charge in [0.15, 0.2) is 0 Å². The number of carbonyl (C=O) groups is 2. The Kier molecular flexibility index (Phi) is 5.91. The molecule has 2 aromatic rings. The highest BCUT2D eigenvalue weighted by atomic mass is 16.2. The Morgan fingerprint density at radius 3 is 2.52 bits per heavy atom. The van der Waals surface area contributed by atoms with Crippen LogP contribution in [0, 0.1) is 0 Å². The van der Waals surface area contributed by atoms with E-state index in [-0.39, 0.29) is 23.9 Å². The third-order valence-corrected chi connectivity index (χ3v) is 4.93. The van der Waals surface area contributed by atoms with Crippen molar-refractivity contribution >= 4 is 23.2 Å². The van der Waals surface area contributed by atoms with Gasteiger partial charge in [0.2, 0.25) is 11.8 Å². The average Bonchev–Trinajstić information content (AvgIpc) is 2.76. The standard InChI is InChI=1S/C22H27N3O2/c1-16(2)24(14-18-9-5-4-6-10-18)15-22(27)25-17(3)13-21(26)23-19-11-7-8-12-20(19)25/h4-12,16-17H,13-15H2,1-3H3,(H,23,26)/t17-/m0/s1. The fraction of sp³-hybridized carbons (Fsp3) is 0.364. The molecular weight excluding hydrogens is 338 g/mol. The van der Waals surface area contributed by atoms with Crippen molar-refractivity contribution < 1.29 is 9.59 Å². The summed E-state index contributed by atoms with van der Waals surface area (Å²) < 4.78 is 0. The molecule has 1 atom stereocenters. The zero-order valence-electron chi connectivity index (χ0n) is 16.2. The first kappa shape index (κ1) is 19.1. The van der Waals surface area contributed by atoms with Gasteiger partial charge in [-0.1, -0.05) is 42.5 Å². The van der Waals surface area contributed by atoms with Crippen LogP contribution >= 0.6 is 0 Å². The summed E-state index contributed by atoms with van der Waals surface area (Å²) in [6.45, 7) is 7.14. The van der Waals surface area contributed by atoms with Crippen LogP contribution in [0.2, 0.25) is 0 Å². The summed E-state index contributed by atoms with van der Waals surface area (Å²) in [5, 5.41) is 2.91. The summed E-state index contributed by atoms with van der Waals surface area (Å²) >= 11 is 0. The van der Waals surface area contributed by atoms with Gasteiger partial charge in [-0.05, 0) is 38.5 Å². The molecule has 3 rings (SSSR count). The van der Waals surface area contributed by atoms with E-state index in [1.54, 1.807) is 4.90 Å². The molecule has 0 aromatic heterocycles. The second kappa shape index (κ2) is 8.35. The van der Waals surface area contributed by atoms with Gasteiger partial charge in [0.1, 0.15) is 0 Å². The predicted octanol–water partition coefficient (Wildman–Crippen LogP) is 3.66. The largest absolute Gasteiger partial charge is 0.324 e. The molecule has 0 radical (unpaired) electrons. The Morgan fingerprint density at radius 2 is 1.81 bits per heavy atom. The van der Waals surface area contributed by atoms with E-state index in [1.807, 2.05) is 49.4 Å². The number of hydrogen-bond donors (Lipinski definition) is 1. The van der Waals surface area contributed by atoms with Gasteiger partial charge in [-0.15, -0.1) is 0 Å². The fourth-order valence-electron chi connectivity index (χ4n) is 3.46. The highest BCUT2D eigenvalue weighted by Gasteiger charge is 2.30. The predicted molar refractivity (Wildman–Crippen MR) is 109 cm³/mol. The van der Waals surface area contributed by atoms with Crippen molar-refractivity contribution in [3.8, 4) is 0 Å². The van der Waals surface area contributed by atoms with E-state index >= 15 is 0 Å². The smallest absolute Gasteiger partial charge is 0.241 e. The zero-order valence-corrected chi connectivity index (χ0v) is 16.2. The molecule has 0 saturated carbocycles. The number of nitrogens with zero attached hydrogens (tertiary/aromatic N) is 2. The van der Waals surface area contributed by atoms with Crippen molar-refractivity contribution in [2.45, 2.75) is 45.8 Å². The number of hydrogen-bond acceptors (Lipinski definition) is 3. The quantitative estimate of drug-likeness (QED) is 0.880. The number of anilines is 2. The lowest BCUT2D eigenvalue weighted by Crippen LogP contribution is -2.46. The van der Waals surface area contributed by atoms with E-state index in [1.165, 1.54) is 5.56 Å². The van der Waals surface area contributed by atoms with Gasteiger partial charge in [-0.2, -0.15) is 0 Å². The van der Waals surface area contributed by atoms with Gasteiger partial charge < -0.3 is 10.2 Å². The van der Waals surface area contributed by atoms with E-state index in [0.717, 1.165) is 5.69 Å². The highest BCUT2D eigenvalue weighted by molar-refractivity contribution is 6.04. The van der Waals surface area contributed by atoms with Crippen LogP contribution in [0.1, 0.15) is 32.8 Å². The van der Waals surface area contributed by atoms with Gasteiger partial charge in [-0.25, -0.2) is 0 Å². The molecule has 0 bridgehead atoms. The second-order valence-corrected chi connectivity index (χ2v) is 7.37. The summed E-state index contributed by atoms with van der Waals surface area (Å²) in [6, 6.07) is 17.7. The van der Waals surface area contributed by atoms with Crippen LogP contribution in [-0.2, 0) is 16.1 Å². The Bertz CT molecular complexity index is 804. The zero-order chi connectivity index (χ0) is 19.4. The first-order valence-corrected chi connectivity index (χ1v) is 9.44. The molecule has 2 aromatic carbocycles. The minimum atomic E-state index is -0.188. The van der Waals surface area contributed by atoms with E-state index in [4.69, 9.17) is 0 Å². The van der Waals surface area contributed by atoms with Crippen molar-refractivity contribution in [1.82, 2.24) is 4.90 Å². The SMILES string of the molecule is CC(C)N(CC(=O)N1c2ccccc2NC(=O)C[C@@H]1C)Cc1ccccc1. The number of fused-ring (bicyclic) bond motifs is 1.